The first-order valence-electron chi connectivity index (χ1n) is 0.626. The largest absolute Gasteiger partial charge is 2.00 e. The van der Waals surface area contributed by atoms with Gasteiger partial charge < -0.3 is 0 Å². The van der Waals surface area contributed by atoms with Gasteiger partial charge in [0.25, 0.3) is 0 Å². The van der Waals surface area contributed by atoms with Crippen molar-refractivity contribution >= 4 is 39.0 Å². The molecule has 0 aliphatic carbocycles. The monoisotopic (exact) mass is 130 g/mol. The number of rotatable bonds is 0. The van der Waals surface area contributed by atoms with Crippen molar-refractivity contribution in [3.05, 3.63) is 11.6 Å². The summed E-state index contributed by atoms with van der Waals surface area (Å²) in [4.78, 5) is 1.56. The van der Waals surface area contributed by atoms with Gasteiger partial charge in [0.2, 0.25) is 0 Å². The molecular weight excluding hydrogens is 128 g/mol. The second-order valence-corrected chi connectivity index (χ2v) is 0.802. The molecule has 2 heteroatoms. The van der Waals surface area contributed by atoms with Crippen LogP contribution in [-0.4, -0.2) is 23.1 Å². The van der Waals surface area contributed by atoms with E-state index in [1.54, 1.807) is 4.99 Å². The van der Waals surface area contributed by atoms with Gasteiger partial charge in [0, 0.05) is 0 Å². The molecule has 0 saturated heterocycles. The number of hydrogen-bond donors (Lipinski definition) is 0. The van der Waals surface area contributed by atoms with Crippen LogP contribution >= 0.6 is 15.9 Å². The van der Waals surface area contributed by atoms with E-state index in [1.807, 2.05) is 0 Å². The Balaban J connectivity index is 0. The van der Waals surface area contributed by atoms with Crippen LogP contribution < -0.4 is 0 Å². The molecule has 0 aromatic rings. The molecule has 0 bridgehead atoms. The van der Waals surface area contributed by atoms with E-state index in [2.05, 4.69) is 22.5 Å². The average molecular weight is 131 g/mol. The molecule has 18 valence electrons. The Morgan fingerprint density at radius 1 is 1.75 bits per heavy atom. The van der Waals surface area contributed by atoms with Crippen LogP contribution in [0.1, 0.15) is 0 Å². The van der Waals surface area contributed by atoms with Crippen LogP contribution in [0.3, 0.4) is 0 Å². The third-order valence-corrected chi connectivity index (χ3v) is 0. The molecule has 0 unspecified atom stereocenters. The molecule has 0 atom stereocenters. The molecular formula is C2H3BrMg+2. The van der Waals surface area contributed by atoms with Crippen LogP contribution in [0.4, 0.5) is 0 Å². The molecule has 0 aromatic heterocycles. The van der Waals surface area contributed by atoms with Crippen LogP contribution in [-0.2, 0) is 0 Å². The normalized spacial score (nSPS) is 3.25. The van der Waals surface area contributed by atoms with Crippen LogP contribution in [0.15, 0.2) is 11.6 Å². The van der Waals surface area contributed by atoms with Crippen molar-refractivity contribution in [2.24, 2.45) is 0 Å². The molecule has 0 aromatic carbocycles. The van der Waals surface area contributed by atoms with E-state index in [9.17, 15) is 0 Å². The predicted molar refractivity (Wildman–Crippen MR) is 24.9 cm³/mol. The molecule has 0 spiro atoms. The summed E-state index contributed by atoms with van der Waals surface area (Å²) in [5, 5.41) is 0. The quantitative estimate of drug-likeness (QED) is 0.433. The van der Waals surface area contributed by atoms with E-state index in [1.165, 1.54) is 0 Å². The fourth-order valence-corrected chi connectivity index (χ4v) is 0. The van der Waals surface area contributed by atoms with Gasteiger partial charge in [-0.15, -0.1) is 0 Å². The molecule has 0 N–H and O–H groups in total. The zero-order valence-corrected chi connectivity index (χ0v) is 5.37. The summed E-state index contributed by atoms with van der Waals surface area (Å²) in [6.45, 7) is 3.28. The Kier molecular flexibility index (Phi) is 20.0. The fourth-order valence-electron chi connectivity index (χ4n) is 0. The molecule has 0 nitrogen and oxygen atoms in total. The van der Waals surface area contributed by atoms with Crippen molar-refractivity contribution in [3.8, 4) is 0 Å². The molecule has 0 rings (SSSR count). The van der Waals surface area contributed by atoms with Crippen molar-refractivity contribution in [2.75, 3.05) is 0 Å². The maximum Gasteiger partial charge on any atom is 2.00 e. The van der Waals surface area contributed by atoms with Crippen molar-refractivity contribution < 1.29 is 0 Å². The fraction of sp³-hybridized carbons (Fsp3) is 0. The van der Waals surface area contributed by atoms with Gasteiger partial charge in [-0.2, -0.15) is 0 Å². The van der Waals surface area contributed by atoms with Gasteiger partial charge in [0.05, 0.1) is 0 Å². The van der Waals surface area contributed by atoms with E-state index in [4.69, 9.17) is 0 Å². The molecule has 0 aliphatic heterocycles. The molecule has 0 radical (unpaired) electrons. The summed E-state index contributed by atoms with van der Waals surface area (Å²) >= 11 is 2.91. The average Bonchev–Trinajstić information content (AvgIpc) is 0.918. The van der Waals surface area contributed by atoms with E-state index < -0.39 is 0 Å². The second kappa shape index (κ2) is 9.01. The first kappa shape index (κ1) is 8.88. The molecule has 0 aliphatic rings. The Hall–Kier alpha value is 0.986. The van der Waals surface area contributed by atoms with E-state index in [0.29, 0.717) is 0 Å². The Bertz CT molecular complexity index is 13.5. The molecule has 4 heavy (non-hydrogen) atoms. The third-order valence-electron chi connectivity index (χ3n) is 0. The van der Waals surface area contributed by atoms with Crippen molar-refractivity contribution in [2.45, 2.75) is 0 Å². The zero-order valence-electron chi connectivity index (χ0n) is 2.37. The van der Waals surface area contributed by atoms with Gasteiger partial charge in [-0.05, 0) is 4.99 Å². The topological polar surface area (TPSA) is 0 Å². The van der Waals surface area contributed by atoms with Crippen molar-refractivity contribution in [1.82, 2.24) is 0 Å². The minimum atomic E-state index is 0. The van der Waals surface area contributed by atoms with Gasteiger partial charge in [-0.3, -0.25) is 0 Å². The smallest absolute Gasteiger partial charge is 0.0921 e. The van der Waals surface area contributed by atoms with Gasteiger partial charge in [-0.1, -0.05) is 22.5 Å². The van der Waals surface area contributed by atoms with Crippen LogP contribution in [0.2, 0.25) is 0 Å². The predicted octanol–water partition coefficient (Wildman–Crippen LogP) is 1.14. The minimum Gasteiger partial charge on any atom is -0.0921 e. The van der Waals surface area contributed by atoms with Gasteiger partial charge in [-0.25, -0.2) is 0 Å². The Morgan fingerprint density at radius 2 is 1.75 bits per heavy atom. The van der Waals surface area contributed by atoms with E-state index in [0.717, 1.165) is 0 Å². The van der Waals surface area contributed by atoms with Gasteiger partial charge >= 0.3 is 23.1 Å². The Morgan fingerprint density at radius 3 is 1.75 bits per heavy atom. The molecule has 0 fully saturated rings. The zero-order chi connectivity index (χ0) is 2.71. The van der Waals surface area contributed by atoms with Crippen LogP contribution in [0, 0.1) is 0 Å². The standard InChI is InChI=1S/C2H3Br.Mg/c1-2-3;/h2H,1H2;/q;+2. The molecule has 0 saturated carbocycles. The second-order valence-electron chi connectivity index (χ2n) is 0.154. The number of halogens is 1. The van der Waals surface area contributed by atoms with E-state index in [-0.39, 0.29) is 23.1 Å². The first-order chi connectivity index (χ1) is 1.41. The first-order valence-corrected chi connectivity index (χ1v) is 1.54. The summed E-state index contributed by atoms with van der Waals surface area (Å²) in [5.41, 5.74) is 0. The molecule has 0 heterocycles. The van der Waals surface area contributed by atoms with Crippen LogP contribution in [0.25, 0.3) is 0 Å². The SMILES string of the molecule is C=CBr.[Mg+2]. The van der Waals surface area contributed by atoms with Gasteiger partial charge in [0.15, 0.2) is 0 Å². The third kappa shape index (κ3) is 12.1. The van der Waals surface area contributed by atoms with Gasteiger partial charge in [0.1, 0.15) is 0 Å². The summed E-state index contributed by atoms with van der Waals surface area (Å²) in [6, 6.07) is 0. The maximum atomic E-state index is 3.28. The Labute approximate surface area is 50.6 Å². The summed E-state index contributed by atoms with van der Waals surface area (Å²) in [6.07, 6.45) is 0. The molecule has 0 amide bonds. The van der Waals surface area contributed by atoms with Crippen molar-refractivity contribution in [1.29, 1.82) is 0 Å². The van der Waals surface area contributed by atoms with Crippen LogP contribution in [0.5, 0.6) is 0 Å². The summed E-state index contributed by atoms with van der Waals surface area (Å²) in [5.74, 6) is 0. The summed E-state index contributed by atoms with van der Waals surface area (Å²) in [7, 11) is 0. The minimum absolute atomic E-state index is 0. The maximum absolute atomic E-state index is 3.28. The van der Waals surface area contributed by atoms with E-state index >= 15 is 0 Å². The summed E-state index contributed by atoms with van der Waals surface area (Å²) < 4.78 is 0. The van der Waals surface area contributed by atoms with Crippen molar-refractivity contribution in [3.63, 3.8) is 0 Å². The number of hydrogen-bond acceptors (Lipinski definition) is 0.